The number of nitrogens with zero attached hydrogens (tertiary/aromatic N) is 1. The summed E-state index contributed by atoms with van der Waals surface area (Å²) in [5, 5.41) is 25.3. The smallest absolute Gasteiger partial charge is 0.319 e. The van der Waals surface area contributed by atoms with Gasteiger partial charge in [0.05, 0.1) is 25.1 Å². The highest BCUT2D eigenvalue weighted by molar-refractivity contribution is 6.31. The number of carbonyl (C=O) groups excluding carboxylic acids is 1. The Morgan fingerprint density at radius 1 is 1.17 bits per heavy atom. The molecular weight excluding hydrogens is 486 g/mol. The maximum absolute atomic E-state index is 13.1. The van der Waals surface area contributed by atoms with Crippen LogP contribution in [-0.4, -0.2) is 32.9 Å². The van der Waals surface area contributed by atoms with Gasteiger partial charge in [0.1, 0.15) is 11.5 Å². The minimum atomic E-state index is -1.11. The summed E-state index contributed by atoms with van der Waals surface area (Å²) in [5.41, 5.74) is 0.661. The van der Waals surface area contributed by atoms with E-state index in [0.717, 1.165) is 12.8 Å². The molecule has 0 spiro atoms. The van der Waals surface area contributed by atoms with Crippen LogP contribution in [0.1, 0.15) is 42.0 Å². The van der Waals surface area contributed by atoms with Crippen LogP contribution in [0.5, 0.6) is 11.5 Å². The minimum absolute atomic E-state index is 0.132. The Morgan fingerprint density at radius 3 is 2.50 bits per heavy atom. The van der Waals surface area contributed by atoms with Crippen LogP contribution in [-0.2, 0) is 11.3 Å². The van der Waals surface area contributed by atoms with Gasteiger partial charge in [0, 0.05) is 16.8 Å². The van der Waals surface area contributed by atoms with Crippen molar-refractivity contribution in [2.75, 3.05) is 5.32 Å². The zero-order chi connectivity index (χ0) is 25.8. The normalized spacial score (nSPS) is 13.6. The van der Waals surface area contributed by atoms with Gasteiger partial charge in [-0.1, -0.05) is 41.9 Å². The zero-order valence-corrected chi connectivity index (χ0v) is 20.3. The predicted octanol–water partition coefficient (Wildman–Crippen LogP) is 4.44. The average Bonchev–Trinajstić information content (AvgIpc) is 3.65. The quantitative estimate of drug-likeness (QED) is 0.336. The lowest BCUT2D eigenvalue weighted by molar-refractivity contribution is -0.137. The molecule has 0 aliphatic heterocycles. The summed E-state index contributed by atoms with van der Waals surface area (Å²) in [6.07, 6.45) is 3.34. The number of aromatic nitrogens is 1. The first kappa shape index (κ1) is 25.1. The molecule has 2 aromatic carbocycles. The van der Waals surface area contributed by atoms with Gasteiger partial charge in [-0.25, -0.2) is 4.79 Å². The summed E-state index contributed by atoms with van der Waals surface area (Å²) < 4.78 is 7.04. The van der Waals surface area contributed by atoms with Gasteiger partial charge in [-0.2, -0.15) is 0 Å². The van der Waals surface area contributed by atoms with Crippen molar-refractivity contribution in [3.63, 3.8) is 0 Å². The van der Waals surface area contributed by atoms with E-state index in [9.17, 15) is 24.6 Å². The first-order valence-electron chi connectivity index (χ1n) is 11.4. The number of aryl methyl sites for hydroxylation is 1. The molecule has 1 fully saturated rings. The molecule has 1 saturated carbocycles. The molecule has 0 unspecified atom stereocenters. The van der Waals surface area contributed by atoms with E-state index in [4.69, 9.17) is 16.3 Å². The van der Waals surface area contributed by atoms with E-state index in [0.29, 0.717) is 27.5 Å². The Labute approximate surface area is 212 Å². The number of carboxylic acids is 1. The third kappa shape index (κ3) is 6.17. The van der Waals surface area contributed by atoms with Gasteiger partial charge in [0.2, 0.25) is 0 Å². The molecule has 2 amide bonds. The Kier molecular flexibility index (Phi) is 7.49. The van der Waals surface area contributed by atoms with Crippen LogP contribution in [0, 0.1) is 6.92 Å². The fourth-order valence-electron chi connectivity index (χ4n) is 3.73. The maximum Gasteiger partial charge on any atom is 0.319 e. The number of anilines is 1. The van der Waals surface area contributed by atoms with E-state index in [-0.39, 0.29) is 30.5 Å². The van der Waals surface area contributed by atoms with E-state index in [2.05, 4.69) is 10.6 Å². The number of carboxylic acid groups (broad SMARTS) is 1. The number of pyridine rings is 1. The van der Waals surface area contributed by atoms with Crippen molar-refractivity contribution in [3.05, 3.63) is 86.8 Å². The Morgan fingerprint density at radius 2 is 1.86 bits per heavy atom. The summed E-state index contributed by atoms with van der Waals surface area (Å²) >= 11 is 6.22. The number of hydrogen-bond acceptors (Lipinski definition) is 5. The molecule has 9 nitrogen and oxygen atoms in total. The van der Waals surface area contributed by atoms with Crippen molar-refractivity contribution in [1.29, 1.82) is 0 Å². The SMILES string of the molecule is Cc1cn(Cc2ccccc2Cl)c(=O)c(NC(=O)N[C@@H](CC(=O)O)c2ccc(OC3CC3)cc2)c1O. The second-order valence-corrected chi connectivity index (χ2v) is 9.10. The molecule has 4 N–H and O–H groups in total. The molecule has 4 rings (SSSR count). The molecule has 10 heteroatoms. The lowest BCUT2D eigenvalue weighted by Crippen LogP contribution is -2.36. The molecule has 1 atom stereocenters. The molecule has 188 valence electrons. The van der Waals surface area contributed by atoms with Gasteiger partial charge in [0.15, 0.2) is 5.69 Å². The number of urea groups is 1. The predicted molar refractivity (Wildman–Crippen MR) is 135 cm³/mol. The molecule has 0 bridgehead atoms. The number of nitrogens with one attached hydrogen (secondary N) is 2. The van der Waals surface area contributed by atoms with Crippen LogP contribution in [0.2, 0.25) is 5.02 Å². The number of benzene rings is 2. The van der Waals surface area contributed by atoms with Crippen LogP contribution in [0.4, 0.5) is 10.5 Å². The average molecular weight is 512 g/mol. The maximum atomic E-state index is 13.1. The molecule has 0 saturated heterocycles. The van der Waals surface area contributed by atoms with Crippen molar-refractivity contribution >= 4 is 29.3 Å². The van der Waals surface area contributed by atoms with Gasteiger partial charge in [-0.15, -0.1) is 0 Å². The number of aliphatic carboxylic acids is 1. The summed E-state index contributed by atoms with van der Waals surface area (Å²) in [4.78, 5) is 37.3. The largest absolute Gasteiger partial charge is 0.505 e. The lowest BCUT2D eigenvalue weighted by atomic mass is 10.0. The molecule has 0 radical (unpaired) electrons. The number of carbonyl (C=O) groups is 2. The third-order valence-electron chi connectivity index (χ3n) is 5.77. The number of rotatable bonds is 9. The molecule has 3 aromatic rings. The van der Waals surface area contributed by atoms with Gasteiger partial charge in [0.25, 0.3) is 5.56 Å². The monoisotopic (exact) mass is 511 g/mol. The molecule has 1 aliphatic carbocycles. The van der Waals surface area contributed by atoms with Gasteiger partial charge in [-0.3, -0.25) is 9.59 Å². The Hall–Kier alpha value is -3.98. The van der Waals surface area contributed by atoms with Gasteiger partial charge in [-0.05, 0) is 49.1 Å². The van der Waals surface area contributed by atoms with Crippen molar-refractivity contribution in [2.24, 2.45) is 0 Å². The standard InChI is InChI=1S/C26H26ClN3O6/c1-15-13-30(14-17-4-2-3-5-20(17)27)25(34)23(24(15)33)29-26(35)28-21(12-22(31)32)16-6-8-18(9-7-16)36-19-10-11-19/h2-9,13,19,21,33H,10-12,14H2,1H3,(H,31,32)(H2,28,29,35)/t21-/m0/s1. The second kappa shape index (κ2) is 10.7. The Balaban J connectivity index is 1.53. The van der Waals surface area contributed by atoms with E-state index in [1.54, 1.807) is 55.5 Å². The van der Waals surface area contributed by atoms with Crippen LogP contribution in [0.3, 0.4) is 0 Å². The van der Waals surface area contributed by atoms with Gasteiger partial charge >= 0.3 is 12.0 Å². The van der Waals surface area contributed by atoms with E-state index < -0.39 is 23.6 Å². The molecule has 1 heterocycles. The van der Waals surface area contributed by atoms with Crippen molar-refractivity contribution in [1.82, 2.24) is 9.88 Å². The first-order valence-corrected chi connectivity index (χ1v) is 11.8. The minimum Gasteiger partial charge on any atom is -0.505 e. The van der Waals surface area contributed by atoms with E-state index in [1.807, 2.05) is 0 Å². The third-order valence-corrected chi connectivity index (χ3v) is 6.13. The number of amides is 2. The van der Waals surface area contributed by atoms with E-state index >= 15 is 0 Å². The highest BCUT2D eigenvalue weighted by Gasteiger charge is 2.24. The summed E-state index contributed by atoms with van der Waals surface area (Å²) in [6, 6.07) is 12.1. The van der Waals surface area contributed by atoms with Crippen molar-refractivity contribution in [2.45, 2.75) is 44.9 Å². The van der Waals surface area contributed by atoms with Crippen LogP contribution < -0.4 is 20.9 Å². The van der Waals surface area contributed by atoms with Crippen molar-refractivity contribution in [3.8, 4) is 11.5 Å². The fraction of sp³-hybridized carbons (Fsp3) is 0.269. The second-order valence-electron chi connectivity index (χ2n) is 8.70. The van der Waals surface area contributed by atoms with Crippen LogP contribution in [0.25, 0.3) is 0 Å². The van der Waals surface area contributed by atoms with Crippen molar-refractivity contribution < 1.29 is 24.5 Å². The number of hydrogen-bond donors (Lipinski definition) is 4. The lowest BCUT2D eigenvalue weighted by Gasteiger charge is -2.19. The summed E-state index contributed by atoms with van der Waals surface area (Å²) in [7, 11) is 0. The number of halogens is 1. The highest BCUT2D eigenvalue weighted by atomic mass is 35.5. The Bertz CT molecular complexity index is 1330. The first-order chi connectivity index (χ1) is 17.2. The molecule has 36 heavy (non-hydrogen) atoms. The summed E-state index contributed by atoms with van der Waals surface area (Å²) in [6.45, 7) is 1.73. The fourth-order valence-corrected chi connectivity index (χ4v) is 3.92. The van der Waals surface area contributed by atoms with E-state index in [1.165, 1.54) is 10.8 Å². The highest BCUT2D eigenvalue weighted by Crippen LogP contribution is 2.28. The molecule has 1 aromatic heterocycles. The topological polar surface area (TPSA) is 130 Å². The number of ether oxygens (including phenoxy) is 1. The number of aromatic hydroxyl groups is 1. The van der Waals surface area contributed by atoms with Gasteiger partial charge < -0.3 is 30.2 Å². The van der Waals surface area contributed by atoms with Crippen LogP contribution in [0.15, 0.2) is 59.5 Å². The zero-order valence-electron chi connectivity index (χ0n) is 19.5. The molecule has 1 aliphatic rings. The molecular formula is C26H26ClN3O6. The van der Waals surface area contributed by atoms with Crippen LogP contribution >= 0.6 is 11.6 Å². The summed E-state index contributed by atoms with van der Waals surface area (Å²) in [5.74, 6) is -0.815.